The first kappa shape index (κ1) is 24.2. The number of carboxylic acids is 1. The van der Waals surface area contributed by atoms with Crippen LogP contribution in [0.5, 0.6) is 0 Å². The summed E-state index contributed by atoms with van der Waals surface area (Å²) in [6.45, 7) is 3.69. The fraction of sp³-hybridized carbons (Fsp3) is 0.143. The molecule has 4 aromatic rings. The average molecular weight is 515 g/mol. The lowest BCUT2D eigenvalue weighted by atomic mass is 9.96. The van der Waals surface area contributed by atoms with Crippen molar-refractivity contribution in [3.63, 3.8) is 0 Å². The summed E-state index contributed by atoms with van der Waals surface area (Å²) in [5, 5.41) is 9.10. The Morgan fingerprint density at radius 3 is 2.51 bits per heavy atom. The van der Waals surface area contributed by atoms with Crippen LogP contribution in [0.15, 0.2) is 92.2 Å². The molecule has 37 heavy (non-hydrogen) atoms. The van der Waals surface area contributed by atoms with Gasteiger partial charge in [-0.2, -0.15) is 0 Å². The normalized spacial score (nSPS) is 15.3. The number of carbonyl (C=O) groups excluding carboxylic acids is 1. The first-order valence-electron chi connectivity index (χ1n) is 11.6. The Morgan fingerprint density at radius 1 is 1.11 bits per heavy atom. The highest BCUT2D eigenvalue weighted by Crippen LogP contribution is 2.30. The SMILES string of the molecule is CCOC(=O)C1=C(C)N=c2s/c(=C\c3ccc(-c4ccc(C(=O)O)cc4)o3)c(=O)n2C1c1ccccc1. The number of esters is 1. The molecular weight excluding hydrogens is 492 g/mol. The van der Waals surface area contributed by atoms with Gasteiger partial charge in [-0.1, -0.05) is 53.8 Å². The number of furan rings is 1. The molecule has 0 bridgehead atoms. The van der Waals surface area contributed by atoms with Crippen LogP contribution in [0, 0.1) is 0 Å². The third-order valence-electron chi connectivity index (χ3n) is 5.95. The van der Waals surface area contributed by atoms with Crippen molar-refractivity contribution in [2.45, 2.75) is 19.9 Å². The molecule has 0 saturated carbocycles. The minimum Gasteiger partial charge on any atom is -0.478 e. The van der Waals surface area contributed by atoms with E-state index in [0.717, 1.165) is 5.56 Å². The van der Waals surface area contributed by atoms with Crippen LogP contribution in [0.1, 0.15) is 41.6 Å². The van der Waals surface area contributed by atoms with Gasteiger partial charge in [0.2, 0.25) is 0 Å². The zero-order chi connectivity index (χ0) is 26.1. The highest BCUT2D eigenvalue weighted by molar-refractivity contribution is 7.07. The summed E-state index contributed by atoms with van der Waals surface area (Å²) in [4.78, 5) is 42.7. The van der Waals surface area contributed by atoms with E-state index in [9.17, 15) is 14.4 Å². The van der Waals surface area contributed by atoms with Crippen LogP contribution in [-0.4, -0.2) is 28.2 Å². The lowest BCUT2D eigenvalue weighted by Crippen LogP contribution is -2.39. The number of thiazole rings is 1. The molecule has 1 aliphatic heterocycles. The molecule has 186 valence electrons. The monoisotopic (exact) mass is 514 g/mol. The molecule has 0 saturated heterocycles. The Balaban J connectivity index is 1.59. The fourth-order valence-electron chi connectivity index (χ4n) is 4.23. The van der Waals surface area contributed by atoms with Crippen molar-refractivity contribution in [2.75, 3.05) is 6.61 Å². The van der Waals surface area contributed by atoms with Gasteiger partial charge in [0.15, 0.2) is 4.80 Å². The molecular formula is C28H22N2O6S. The summed E-state index contributed by atoms with van der Waals surface area (Å²) in [7, 11) is 0. The number of fused-ring (bicyclic) bond motifs is 1. The Morgan fingerprint density at radius 2 is 1.84 bits per heavy atom. The highest BCUT2D eigenvalue weighted by atomic mass is 32.1. The van der Waals surface area contributed by atoms with Crippen molar-refractivity contribution in [1.29, 1.82) is 0 Å². The lowest BCUT2D eigenvalue weighted by molar-refractivity contribution is -0.139. The van der Waals surface area contributed by atoms with Crippen LogP contribution in [0.2, 0.25) is 0 Å². The van der Waals surface area contributed by atoms with Crippen molar-refractivity contribution >= 4 is 29.4 Å². The molecule has 0 amide bonds. The van der Waals surface area contributed by atoms with E-state index in [1.807, 2.05) is 30.3 Å². The van der Waals surface area contributed by atoms with E-state index in [-0.39, 0.29) is 17.7 Å². The van der Waals surface area contributed by atoms with Gasteiger partial charge in [0.1, 0.15) is 11.5 Å². The van der Waals surface area contributed by atoms with Crippen molar-refractivity contribution < 1.29 is 23.8 Å². The second-order valence-corrected chi connectivity index (χ2v) is 9.31. The van der Waals surface area contributed by atoms with Crippen LogP contribution in [0.3, 0.4) is 0 Å². The molecule has 0 spiro atoms. The molecule has 1 aliphatic rings. The van der Waals surface area contributed by atoms with Crippen molar-refractivity contribution in [2.24, 2.45) is 4.99 Å². The number of carbonyl (C=O) groups is 2. The summed E-state index contributed by atoms with van der Waals surface area (Å²) in [6.07, 6.45) is 1.64. The van der Waals surface area contributed by atoms with Crippen LogP contribution >= 0.6 is 11.3 Å². The maximum absolute atomic E-state index is 13.6. The maximum atomic E-state index is 13.6. The maximum Gasteiger partial charge on any atom is 0.338 e. The zero-order valence-corrected chi connectivity index (χ0v) is 20.8. The minimum atomic E-state index is -1.00. The predicted molar refractivity (Wildman–Crippen MR) is 138 cm³/mol. The molecule has 1 unspecified atom stereocenters. The van der Waals surface area contributed by atoms with Crippen molar-refractivity contribution in [1.82, 2.24) is 4.57 Å². The number of aromatic nitrogens is 1. The Bertz CT molecular complexity index is 1710. The lowest BCUT2D eigenvalue weighted by Gasteiger charge is -2.24. The Hall–Kier alpha value is -4.50. The molecule has 0 radical (unpaired) electrons. The van der Waals surface area contributed by atoms with Gasteiger partial charge in [0.25, 0.3) is 5.56 Å². The van der Waals surface area contributed by atoms with Gasteiger partial charge in [0, 0.05) is 11.6 Å². The second-order valence-electron chi connectivity index (χ2n) is 8.30. The largest absolute Gasteiger partial charge is 0.478 e. The second kappa shape index (κ2) is 9.87. The van der Waals surface area contributed by atoms with Crippen molar-refractivity contribution in [3.8, 4) is 11.3 Å². The number of allylic oxidation sites excluding steroid dienone is 1. The summed E-state index contributed by atoms with van der Waals surface area (Å²) in [5.41, 5.74) is 2.21. The molecule has 2 aromatic carbocycles. The molecule has 0 fully saturated rings. The van der Waals surface area contributed by atoms with Gasteiger partial charge >= 0.3 is 11.9 Å². The number of carboxylic acid groups (broad SMARTS) is 1. The van der Waals surface area contributed by atoms with Crippen LogP contribution in [0.25, 0.3) is 17.4 Å². The first-order chi connectivity index (χ1) is 17.9. The summed E-state index contributed by atoms with van der Waals surface area (Å²) < 4.78 is 13.2. The number of aromatic carboxylic acids is 1. The summed E-state index contributed by atoms with van der Waals surface area (Å²) in [5.74, 6) is -0.507. The Kier molecular flexibility index (Phi) is 6.45. The molecule has 3 heterocycles. The van der Waals surface area contributed by atoms with Gasteiger partial charge in [-0.15, -0.1) is 0 Å². The zero-order valence-electron chi connectivity index (χ0n) is 20.0. The molecule has 8 nitrogen and oxygen atoms in total. The quantitative estimate of drug-likeness (QED) is 0.392. The van der Waals surface area contributed by atoms with Gasteiger partial charge in [-0.25, -0.2) is 14.6 Å². The van der Waals surface area contributed by atoms with Gasteiger partial charge in [-0.05, 0) is 43.7 Å². The van der Waals surface area contributed by atoms with Gasteiger partial charge < -0.3 is 14.3 Å². The summed E-state index contributed by atoms with van der Waals surface area (Å²) in [6, 6.07) is 18.5. The van der Waals surface area contributed by atoms with Gasteiger partial charge in [0.05, 0.1) is 34.0 Å². The van der Waals surface area contributed by atoms with E-state index >= 15 is 0 Å². The number of ether oxygens (including phenoxy) is 1. The molecule has 2 aromatic heterocycles. The average Bonchev–Trinajstić information content (AvgIpc) is 3.48. The number of hydrogen-bond acceptors (Lipinski definition) is 7. The van der Waals surface area contributed by atoms with E-state index in [1.165, 1.54) is 28.0 Å². The number of hydrogen-bond donors (Lipinski definition) is 1. The minimum absolute atomic E-state index is 0.182. The number of rotatable bonds is 6. The molecule has 0 aliphatic carbocycles. The van der Waals surface area contributed by atoms with E-state index < -0.39 is 18.0 Å². The Labute approximate surface area is 215 Å². The van der Waals surface area contributed by atoms with Crippen molar-refractivity contribution in [3.05, 3.63) is 115 Å². The highest BCUT2D eigenvalue weighted by Gasteiger charge is 2.33. The molecule has 1 N–H and O–H groups in total. The predicted octanol–water partition coefficient (Wildman–Crippen LogP) is 3.76. The standard InChI is InChI=1S/C28H22N2O6S/c1-3-35-27(34)23-16(2)29-28-30(24(23)18-7-5-4-6-8-18)25(31)22(37-28)15-20-13-14-21(36-20)17-9-11-19(12-10-17)26(32)33/h4-15,24H,3H2,1-2H3,(H,32,33)/b22-15-. The van der Waals surface area contributed by atoms with Crippen LogP contribution in [0.4, 0.5) is 0 Å². The number of nitrogens with zero attached hydrogens (tertiary/aromatic N) is 2. The number of benzene rings is 2. The third-order valence-corrected chi connectivity index (χ3v) is 6.93. The van der Waals surface area contributed by atoms with E-state index in [1.54, 1.807) is 44.2 Å². The first-order valence-corrected chi connectivity index (χ1v) is 12.4. The third kappa shape index (κ3) is 4.56. The topological polar surface area (TPSA) is 111 Å². The summed E-state index contributed by atoms with van der Waals surface area (Å²) >= 11 is 1.21. The van der Waals surface area contributed by atoms with Gasteiger partial charge in [-0.3, -0.25) is 9.36 Å². The fourth-order valence-corrected chi connectivity index (χ4v) is 5.26. The van der Waals surface area contributed by atoms with E-state index in [2.05, 4.69) is 4.99 Å². The van der Waals surface area contributed by atoms with Crippen LogP contribution < -0.4 is 14.9 Å². The molecule has 1 atom stereocenters. The molecule has 5 rings (SSSR count). The van der Waals surface area contributed by atoms with E-state index in [0.29, 0.717) is 37.7 Å². The molecule has 9 heteroatoms. The smallest absolute Gasteiger partial charge is 0.338 e. The van der Waals surface area contributed by atoms with Crippen LogP contribution in [-0.2, 0) is 9.53 Å². The van der Waals surface area contributed by atoms with E-state index in [4.69, 9.17) is 14.3 Å².